The Morgan fingerprint density at radius 1 is 1.65 bits per heavy atom. The molecule has 1 unspecified atom stereocenters. The largest absolute Gasteiger partial charge is 0.381 e. The number of hydrogen-bond donors (Lipinski definition) is 1. The van der Waals surface area contributed by atoms with Gasteiger partial charge in [-0.3, -0.25) is 0 Å². The number of imidazole rings is 1. The minimum atomic E-state index is 0.559. The molecule has 0 bridgehead atoms. The lowest BCUT2D eigenvalue weighted by atomic mass is 10.1. The zero-order chi connectivity index (χ0) is 11.8. The molecule has 4 nitrogen and oxygen atoms in total. The van der Waals surface area contributed by atoms with Crippen LogP contribution in [0.2, 0.25) is 0 Å². The van der Waals surface area contributed by atoms with Crippen molar-refractivity contribution in [2.45, 2.75) is 19.9 Å². The molecule has 1 atom stereocenters. The third-order valence-electron chi connectivity index (χ3n) is 3.21. The molecule has 0 amide bonds. The Bertz CT molecular complexity index is 595. The van der Waals surface area contributed by atoms with Crippen molar-refractivity contribution in [3.63, 3.8) is 0 Å². The zero-order valence-corrected chi connectivity index (χ0v) is 10.6. The number of aryl methyl sites for hydroxylation is 1. The molecule has 0 aliphatic carbocycles. The van der Waals surface area contributed by atoms with Crippen molar-refractivity contribution in [1.29, 1.82) is 0 Å². The minimum Gasteiger partial charge on any atom is -0.381 e. The Kier molecular flexibility index (Phi) is 2.72. The number of hydrogen-bond acceptors (Lipinski definition) is 3. The number of aromatic amines is 1. The van der Waals surface area contributed by atoms with E-state index < -0.39 is 0 Å². The first-order valence-corrected chi connectivity index (χ1v) is 6.28. The standard InChI is InChI=1S/C12H15N3OS/c1-8-4-10-11(13-5-8)15(12(17)14-10)6-9-2-3-16-7-9/h4-5,9H,2-3,6-7H2,1H3,(H,14,17). The van der Waals surface area contributed by atoms with Crippen molar-refractivity contribution >= 4 is 23.4 Å². The van der Waals surface area contributed by atoms with Crippen LogP contribution in [0.1, 0.15) is 12.0 Å². The van der Waals surface area contributed by atoms with Crippen LogP contribution in [-0.4, -0.2) is 27.7 Å². The van der Waals surface area contributed by atoms with Gasteiger partial charge in [-0.05, 0) is 37.2 Å². The van der Waals surface area contributed by atoms with Crippen molar-refractivity contribution in [2.24, 2.45) is 5.92 Å². The first-order valence-electron chi connectivity index (χ1n) is 5.87. The normalized spacial score (nSPS) is 20.2. The number of fused-ring (bicyclic) bond motifs is 1. The predicted octanol–water partition coefficient (Wildman–Crippen LogP) is 2.44. The summed E-state index contributed by atoms with van der Waals surface area (Å²) in [5, 5.41) is 0. The minimum absolute atomic E-state index is 0.559. The van der Waals surface area contributed by atoms with E-state index in [4.69, 9.17) is 17.0 Å². The van der Waals surface area contributed by atoms with Gasteiger partial charge >= 0.3 is 0 Å². The topological polar surface area (TPSA) is 42.8 Å². The number of ether oxygens (including phenoxy) is 1. The van der Waals surface area contributed by atoms with Gasteiger partial charge in [-0.25, -0.2) is 4.98 Å². The van der Waals surface area contributed by atoms with E-state index >= 15 is 0 Å². The van der Waals surface area contributed by atoms with Gasteiger partial charge in [0.25, 0.3) is 0 Å². The molecule has 3 heterocycles. The SMILES string of the molecule is Cc1cnc2c(c1)[nH]c(=S)n2CC1CCOC1. The molecule has 1 N–H and O–H groups in total. The fraction of sp³-hybridized carbons (Fsp3) is 0.500. The van der Waals surface area contributed by atoms with Crippen LogP contribution in [0.3, 0.4) is 0 Å². The van der Waals surface area contributed by atoms with Crippen molar-refractivity contribution in [3.05, 3.63) is 22.6 Å². The molecule has 2 aromatic rings. The van der Waals surface area contributed by atoms with Gasteiger partial charge in [0.05, 0.1) is 12.1 Å². The van der Waals surface area contributed by atoms with Crippen molar-refractivity contribution in [1.82, 2.24) is 14.5 Å². The van der Waals surface area contributed by atoms with Crippen molar-refractivity contribution in [3.8, 4) is 0 Å². The van der Waals surface area contributed by atoms with Gasteiger partial charge in [-0.15, -0.1) is 0 Å². The lowest BCUT2D eigenvalue weighted by molar-refractivity contribution is 0.182. The average Bonchev–Trinajstić information content (AvgIpc) is 2.88. The lowest BCUT2D eigenvalue weighted by Gasteiger charge is -2.08. The maximum atomic E-state index is 5.40. The summed E-state index contributed by atoms with van der Waals surface area (Å²) in [6.07, 6.45) is 2.99. The van der Waals surface area contributed by atoms with Crippen LogP contribution in [-0.2, 0) is 11.3 Å². The molecule has 1 aliphatic heterocycles. The van der Waals surface area contributed by atoms with E-state index in [2.05, 4.69) is 20.6 Å². The highest BCUT2D eigenvalue weighted by Gasteiger charge is 2.18. The summed E-state index contributed by atoms with van der Waals surface area (Å²) in [6.45, 7) is 4.63. The Labute approximate surface area is 105 Å². The van der Waals surface area contributed by atoms with Gasteiger partial charge in [0.2, 0.25) is 0 Å². The highest BCUT2D eigenvalue weighted by molar-refractivity contribution is 7.71. The van der Waals surface area contributed by atoms with E-state index in [0.29, 0.717) is 5.92 Å². The molecule has 1 fully saturated rings. The Morgan fingerprint density at radius 3 is 3.29 bits per heavy atom. The smallest absolute Gasteiger partial charge is 0.179 e. The summed E-state index contributed by atoms with van der Waals surface area (Å²) in [6, 6.07) is 2.08. The van der Waals surface area contributed by atoms with Gasteiger partial charge in [-0.1, -0.05) is 0 Å². The molecule has 17 heavy (non-hydrogen) atoms. The van der Waals surface area contributed by atoms with Crippen LogP contribution in [0, 0.1) is 17.6 Å². The van der Waals surface area contributed by atoms with E-state index in [0.717, 1.165) is 47.7 Å². The van der Waals surface area contributed by atoms with Gasteiger partial charge in [0, 0.05) is 25.3 Å². The maximum absolute atomic E-state index is 5.40. The van der Waals surface area contributed by atoms with E-state index in [-0.39, 0.29) is 0 Å². The fourth-order valence-corrected chi connectivity index (χ4v) is 2.57. The predicted molar refractivity (Wildman–Crippen MR) is 68.6 cm³/mol. The van der Waals surface area contributed by atoms with E-state index in [1.165, 1.54) is 0 Å². The van der Waals surface area contributed by atoms with Gasteiger partial charge in [-0.2, -0.15) is 0 Å². The first-order chi connectivity index (χ1) is 8.24. The Morgan fingerprint density at radius 2 is 2.53 bits per heavy atom. The van der Waals surface area contributed by atoms with Crippen LogP contribution in [0.15, 0.2) is 12.3 Å². The summed E-state index contributed by atoms with van der Waals surface area (Å²) < 4.78 is 8.24. The van der Waals surface area contributed by atoms with Crippen molar-refractivity contribution in [2.75, 3.05) is 13.2 Å². The van der Waals surface area contributed by atoms with E-state index in [9.17, 15) is 0 Å². The maximum Gasteiger partial charge on any atom is 0.179 e. The number of H-pyrrole nitrogens is 1. The van der Waals surface area contributed by atoms with Gasteiger partial charge in [0.1, 0.15) is 0 Å². The highest BCUT2D eigenvalue weighted by Crippen LogP contribution is 2.19. The molecule has 0 aromatic carbocycles. The number of aromatic nitrogens is 3. The number of rotatable bonds is 2. The summed E-state index contributed by atoms with van der Waals surface area (Å²) in [4.78, 5) is 7.68. The summed E-state index contributed by atoms with van der Waals surface area (Å²) in [7, 11) is 0. The molecule has 3 rings (SSSR count). The van der Waals surface area contributed by atoms with Gasteiger partial charge < -0.3 is 14.3 Å². The second-order valence-electron chi connectivity index (χ2n) is 4.65. The second-order valence-corrected chi connectivity index (χ2v) is 5.04. The third kappa shape index (κ3) is 2.00. The second kappa shape index (κ2) is 4.23. The van der Waals surface area contributed by atoms with Gasteiger partial charge in [0.15, 0.2) is 10.4 Å². The van der Waals surface area contributed by atoms with Crippen LogP contribution >= 0.6 is 12.2 Å². The van der Waals surface area contributed by atoms with E-state index in [1.54, 1.807) is 0 Å². The number of pyridine rings is 1. The number of nitrogens with one attached hydrogen (secondary N) is 1. The molecule has 1 saturated heterocycles. The highest BCUT2D eigenvalue weighted by atomic mass is 32.1. The molecule has 5 heteroatoms. The monoisotopic (exact) mass is 249 g/mol. The average molecular weight is 249 g/mol. The number of nitrogens with zero attached hydrogens (tertiary/aromatic N) is 2. The summed E-state index contributed by atoms with van der Waals surface area (Å²) in [5.41, 5.74) is 3.12. The lowest BCUT2D eigenvalue weighted by Crippen LogP contribution is -2.11. The fourth-order valence-electron chi connectivity index (χ4n) is 2.30. The molecular formula is C12H15N3OS. The van der Waals surface area contributed by atoms with Crippen LogP contribution < -0.4 is 0 Å². The molecule has 0 radical (unpaired) electrons. The van der Waals surface area contributed by atoms with Crippen molar-refractivity contribution < 1.29 is 4.74 Å². The Balaban J connectivity index is 2.02. The molecular weight excluding hydrogens is 234 g/mol. The summed E-state index contributed by atoms with van der Waals surface area (Å²) >= 11 is 5.36. The molecule has 2 aromatic heterocycles. The third-order valence-corrected chi connectivity index (χ3v) is 3.53. The molecule has 1 aliphatic rings. The Hall–Kier alpha value is -1.20. The first kappa shape index (κ1) is 10.9. The molecule has 0 spiro atoms. The summed E-state index contributed by atoms with van der Waals surface area (Å²) in [5.74, 6) is 0.559. The van der Waals surface area contributed by atoms with Crippen LogP contribution in [0.5, 0.6) is 0 Å². The van der Waals surface area contributed by atoms with Crippen LogP contribution in [0.4, 0.5) is 0 Å². The van der Waals surface area contributed by atoms with E-state index in [1.807, 2.05) is 13.1 Å². The molecule has 0 saturated carbocycles. The van der Waals surface area contributed by atoms with Crippen LogP contribution in [0.25, 0.3) is 11.2 Å². The molecule has 90 valence electrons. The zero-order valence-electron chi connectivity index (χ0n) is 9.77. The quantitative estimate of drug-likeness (QED) is 0.831.